The SMILES string of the molecule is CC(C)[C@H]1CCN(C(=O)[C@@H](NC(=O)N[C@H](C(=O)C2CC2)C(C)(C)C)C(C)(C)C)[C@@H]1C(O)NC(CC1CC1)C(=O)C(N)=O. The number of rotatable bonds is 13. The maximum atomic E-state index is 14.2. The van der Waals surface area contributed by atoms with Gasteiger partial charge in [0.25, 0.3) is 5.91 Å². The van der Waals surface area contributed by atoms with Crippen LogP contribution < -0.4 is 21.7 Å². The average molecular weight is 592 g/mol. The second kappa shape index (κ2) is 13.0. The van der Waals surface area contributed by atoms with Gasteiger partial charge < -0.3 is 26.4 Å². The van der Waals surface area contributed by atoms with Crippen molar-refractivity contribution in [3.63, 3.8) is 0 Å². The van der Waals surface area contributed by atoms with E-state index in [1.807, 2.05) is 55.4 Å². The number of primary amides is 1. The minimum Gasteiger partial charge on any atom is -0.376 e. The van der Waals surface area contributed by atoms with Gasteiger partial charge in [-0.1, -0.05) is 68.2 Å². The molecule has 1 aliphatic heterocycles. The average Bonchev–Trinajstić information content (AvgIpc) is 3.80. The maximum absolute atomic E-state index is 14.2. The van der Waals surface area contributed by atoms with Crippen LogP contribution in [0.1, 0.15) is 93.9 Å². The molecule has 0 aromatic rings. The number of nitrogens with one attached hydrogen (secondary N) is 3. The molecule has 6 N–H and O–H groups in total. The summed E-state index contributed by atoms with van der Waals surface area (Å²) in [6.45, 7) is 15.7. The van der Waals surface area contributed by atoms with Crippen LogP contribution in [0.4, 0.5) is 4.79 Å². The molecule has 1 saturated heterocycles. The number of ketones is 2. The summed E-state index contributed by atoms with van der Waals surface area (Å²) in [5.74, 6) is -1.90. The van der Waals surface area contributed by atoms with E-state index in [9.17, 15) is 29.1 Å². The molecule has 11 heteroatoms. The summed E-state index contributed by atoms with van der Waals surface area (Å²) in [6.07, 6.45) is 3.30. The minimum absolute atomic E-state index is 0.0103. The number of aliphatic hydroxyl groups excluding tert-OH is 1. The summed E-state index contributed by atoms with van der Waals surface area (Å²) < 4.78 is 0. The lowest BCUT2D eigenvalue weighted by Crippen LogP contribution is -2.63. The highest BCUT2D eigenvalue weighted by Gasteiger charge is 2.48. The Morgan fingerprint density at radius 1 is 0.881 bits per heavy atom. The molecule has 4 amide bonds. The number of hydrogen-bond acceptors (Lipinski definition) is 7. The molecule has 3 rings (SSSR count). The van der Waals surface area contributed by atoms with Crippen LogP contribution in [0.3, 0.4) is 0 Å². The quantitative estimate of drug-likeness (QED) is 0.161. The molecule has 1 heterocycles. The summed E-state index contributed by atoms with van der Waals surface area (Å²) in [4.78, 5) is 66.4. The van der Waals surface area contributed by atoms with Crippen LogP contribution in [0.15, 0.2) is 0 Å². The Labute approximate surface area is 250 Å². The van der Waals surface area contributed by atoms with Crippen molar-refractivity contribution in [2.45, 2.75) is 124 Å². The molecule has 11 nitrogen and oxygen atoms in total. The van der Waals surface area contributed by atoms with E-state index in [0.717, 1.165) is 25.7 Å². The zero-order valence-corrected chi connectivity index (χ0v) is 26.7. The lowest BCUT2D eigenvalue weighted by Gasteiger charge is -2.40. The van der Waals surface area contributed by atoms with E-state index in [1.165, 1.54) is 0 Å². The molecule has 6 atom stereocenters. The number of hydrogen-bond donors (Lipinski definition) is 5. The highest BCUT2D eigenvalue weighted by atomic mass is 16.3. The van der Waals surface area contributed by atoms with Gasteiger partial charge >= 0.3 is 6.03 Å². The molecule has 0 aromatic heterocycles. The third-order valence-corrected chi connectivity index (χ3v) is 8.96. The van der Waals surface area contributed by atoms with E-state index < -0.39 is 58.9 Å². The third-order valence-electron chi connectivity index (χ3n) is 8.96. The number of nitrogens with zero attached hydrogens (tertiary/aromatic N) is 1. The molecular formula is C31H53N5O6. The van der Waals surface area contributed by atoms with Crippen LogP contribution in [0.2, 0.25) is 0 Å². The molecule has 2 unspecified atom stereocenters. The number of amides is 4. The van der Waals surface area contributed by atoms with Crippen molar-refractivity contribution in [3.8, 4) is 0 Å². The smallest absolute Gasteiger partial charge is 0.316 e. The number of aliphatic hydroxyl groups is 1. The first kappa shape index (κ1) is 34.0. The first-order chi connectivity index (χ1) is 19.3. The Morgan fingerprint density at radius 2 is 1.43 bits per heavy atom. The number of carbonyl (C=O) groups is 5. The molecule has 0 bridgehead atoms. The molecule has 2 aliphatic carbocycles. The second-order valence-electron chi connectivity index (χ2n) is 15.2. The molecule has 3 fully saturated rings. The number of urea groups is 1. The van der Waals surface area contributed by atoms with Crippen molar-refractivity contribution in [1.82, 2.24) is 20.9 Å². The van der Waals surface area contributed by atoms with Gasteiger partial charge in [-0.05, 0) is 54.3 Å². The molecule has 0 radical (unpaired) electrons. The summed E-state index contributed by atoms with van der Waals surface area (Å²) in [5, 5.41) is 20.1. The third kappa shape index (κ3) is 8.52. The number of carbonyl (C=O) groups excluding carboxylic acids is 5. The van der Waals surface area contributed by atoms with E-state index in [0.29, 0.717) is 19.4 Å². The fourth-order valence-corrected chi connectivity index (χ4v) is 6.08. The highest BCUT2D eigenvalue weighted by molar-refractivity contribution is 6.37. The molecule has 0 spiro atoms. The maximum Gasteiger partial charge on any atom is 0.316 e. The zero-order chi connectivity index (χ0) is 31.7. The summed E-state index contributed by atoms with van der Waals surface area (Å²) in [7, 11) is 0. The van der Waals surface area contributed by atoms with Crippen molar-refractivity contribution in [3.05, 3.63) is 0 Å². The van der Waals surface area contributed by atoms with Crippen molar-refractivity contribution in [1.29, 1.82) is 0 Å². The van der Waals surface area contributed by atoms with E-state index in [2.05, 4.69) is 16.0 Å². The van der Waals surface area contributed by atoms with Crippen molar-refractivity contribution < 1.29 is 29.1 Å². The second-order valence-corrected chi connectivity index (χ2v) is 15.2. The van der Waals surface area contributed by atoms with E-state index in [4.69, 9.17) is 5.73 Å². The van der Waals surface area contributed by atoms with Crippen LogP contribution in [-0.2, 0) is 19.2 Å². The summed E-state index contributed by atoms with van der Waals surface area (Å²) >= 11 is 0. The normalized spacial score (nSPS) is 24.1. The van der Waals surface area contributed by atoms with Crippen LogP contribution in [-0.4, -0.2) is 76.4 Å². The van der Waals surface area contributed by atoms with Crippen molar-refractivity contribution in [2.75, 3.05) is 6.54 Å². The molecule has 238 valence electrons. The largest absolute Gasteiger partial charge is 0.376 e. The Hall–Kier alpha value is -2.53. The first-order valence-corrected chi connectivity index (χ1v) is 15.5. The Morgan fingerprint density at radius 3 is 1.88 bits per heavy atom. The van der Waals surface area contributed by atoms with Crippen molar-refractivity contribution in [2.24, 2.45) is 40.2 Å². The molecule has 2 saturated carbocycles. The van der Waals surface area contributed by atoms with Gasteiger partial charge in [0, 0.05) is 12.5 Å². The van der Waals surface area contributed by atoms with Gasteiger partial charge in [-0.15, -0.1) is 0 Å². The predicted octanol–water partition coefficient (Wildman–Crippen LogP) is 2.10. The van der Waals surface area contributed by atoms with E-state index in [1.54, 1.807) is 4.90 Å². The summed E-state index contributed by atoms with van der Waals surface area (Å²) in [5.41, 5.74) is 4.11. The number of Topliss-reactive ketones (excluding diaryl/α,β-unsaturated/α-hetero) is 2. The van der Waals surface area contributed by atoms with Gasteiger partial charge in [-0.25, -0.2) is 4.79 Å². The minimum atomic E-state index is -1.29. The van der Waals surface area contributed by atoms with Gasteiger partial charge in [0.05, 0.1) is 18.1 Å². The number of likely N-dealkylation sites (tertiary alicyclic amines) is 1. The Bertz CT molecular complexity index is 1040. The van der Waals surface area contributed by atoms with Crippen LogP contribution in [0.25, 0.3) is 0 Å². The fraction of sp³-hybridized carbons (Fsp3) is 0.839. The Balaban J connectivity index is 1.82. The van der Waals surface area contributed by atoms with Gasteiger partial charge in [-0.2, -0.15) is 0 Å². The van der Waals surface area contributed by atoms with Crippen LogP contribution in [0, 0.1) is 34.5 Å². The van der Waals surface area contributed by atoms with E-state index in [-0.39, 0.29) is 35.4 Å². The lowest BCUT2D eigenvalue weighted by molar-refractivity contribution is -0.142. The molecule has 42 heavy (non-hydrogen) atoms. The van der Waals surface area contributed by atoms with Gasteiger partial charge in [0.2, 0.25) is 11.7 Å². The topological polar surface area (TPSA) is 171 Å². The van der Waals surface area contributed by atoms with Gasteiger partial charge in [0.1, 0.15) is 12.3 Å². The lowest BCUT2D eigenvalue weighted by atomic mass is 9.82. The standard InChI is InChI=1S/C31H53N5O6/c1-16(2)19-13-14-36(21(19)27(40)33-20(15-17-9-10-17)23(38)26(32)39)28(41)25(31(6,7)8)35-29(42)34-24(30(3,4)5)22(37)18-11-12-18/h16-21,24-25,27,33,40H,9-15H2,1-8H3,(H2,32,39)(H2,34,35,42)/t19-,20?,21+,24-,25-,27?/m1/s1. The Kier molecular flexibility index (Phi) is 10.5. The monoisotopic (exact) mass is 591 g/mol. The van der Waals surface area contributed by atoms with Crippen LogP contribution in [0.5, 0.6) is 0 Å². The molecule has 0 aromatic carbocycles. The highest BCUT2D eigenvalue weighted by Crippen LogP contribution is 2.37. The van der Waals surface area contributed by atoms with Gasteiger partial charge in [-0.3, -0.25) is 24.5 Å². The first-order valence-electron chi connectivity index (χ1n) is 15.5. The number of nitrogens with two attached hydrogens (primary N) is 1. The van der Waals surface area contributed by atoms with Crippen molar-refractivity contribution >= 4 is 29.4 Å². The van der Waals surface area contributed by atoms with Crippen LogP contribution >= 0.6 is 0 Å². The van der Waals surface area contributed by atoms with Gasteiger partial charge in [0.15, 0.2) is 5.78 Å². The fourth-order valence-electron chi connectivity index (χ4n) is 6.08. The predicted molar refractivity (Wildman–Crippen MR) is 159 cm³/mol. The summed E-state index contributed by atoms with van der Waals surface area (Å²) in [6, 6.07) is -3.86. The molecule has 3 aliphatic rings. The zero-order valence-electron chi connectivity index (χ0n) is 26.7. The molecular weight excluding hydrogens is 538 g/mol. The van der Waals surface area contributed by atoms with E-state index >= 15 is 0 Å².